The summed E-state index contributed by atoms with van der Waals surface area (Å²) in [6.07, 6.45) is 1.64. The Morgan fingerprint density at radius 2 is 1.88 bits per heavy atom. The molecule has 0 spiro atoms. The van der Waals surface area contributed by atoms with E-state index in [2.05, 4.69) is 5.32 Å². The monoisotopic (exact) mass is 338 g/mol. The third kappa shape index (κ3) is 3.67. The number of nitrogens with zero attached hydrogens (tertiary/aromatic N) is 1. The van der Waals surface area contributed by atoms with E-state index in [-0.39, 0.29) is 11.9 Å². The number of methoxy groups -OCH3 is 1. The molecule has 1 atom stereocenters. The number of benzene rings is 2. The van der Waals surface area contributed by atoms with E-state index in [9.17, 15) is 4.79 Å². The molecule has 1 N–H and O–H groups in total. The first-order valence-corrected chi connectivity index (χ1v) is 8.15. The van der Waals surface area contributed by atoms with Gasteiger partial charge in [-0.1, -0.05) is 24.3 Å². The summed E-state index contributed by atoms with van der Waals surface area (Å²) < 4.78 is 10.9. The van der Waals surface area contributed by atoms with Crippen LogP contribution in [0.5, 0.6) is 5.75 Å². The SMILES string of the molecule is COc1cc2ccccc2cc1C(=O)NC[C@H](c1ccco1)N(C)C. The molecule has 0 radical (unpaired) electrons. The van der Waals surface area contributed by atoms with Crippen LogP contribution in [0.3, 0.4) is 0 Å². The fraction of sp³-hybridized carbons (Fsp3) is 0.250. The predicted octanol–water partition coefficient (Wildman–Crippen LogP) is 3.47. The molecule has 3 aromatic rings. The van der Waals surface area contributed by atoms with Crippen molar-refractivity contribution in [2.24, 2.45) is 0 Å². The van der Waals surface area contributed by atoms with Crippen LogP contribution < -0.4 is 10.1 Å². The lowest BCUT2D eigenvalue weighted by Gasteiger charge is -2.22. The Bertz CT molecular complexity index is 857. The van der Waals surface area contributed by atoms with Crippen molar-refractivity contribution in [3.63, 3.8) is 0 Å². The topological polar surface area (TPSA) is 54.7 Å². The molecule has 1 aromatic heterocycles. The molecule has 0 saturated heterocycles. The first-order chi connectivity index (χ1) is 12.1. The molecule has 1 heterocycles. The van der Waals surface area contributed by atoms with Crippen LogP contribution in [-0.2, 0) is 0 Å². The summed E-state index contributed by atoms with van der Waals surface area (Å²) in [4.78, 5) is 14.7. The highest BCUT2D eigenvalue weighted by molar-refractivity contribution is 6.01. The predicted molar refractivity (Wildman–Crippen MR) is 98.0 cm³/mol. The van der Waals surface area contributed by atoms with Crippen molar-refractivity contribution in [3.8, 4) is 5.75 Å². The van der Waals surface area contributed by atoms with E-state index in [1.165, 1.54) is 0 Å². The van der Waals surface area contributed by atoms with E-state index in [0.717, 1.165) is 16.5 Å². The molecule has 3 rings (SSSR count). The number of carbonyl (C=O) groups excluding carboxylic acids is 1. The van der Waals surface area contributed by atoms with Gasteiger partial charge in [-0.3, -0.25) is 9.69 Å². The minimum Gasteiger partial charge on any atom is -0.496 e. The van der Waals surface area contributed by atoms with Gasteiger partial charge in [0.2, 0.25) is 0 Å². The lowest BCUT2D eigenvalue weighted by atomic mass is 10.1. The molecular formula is C20H22N2O3. The zero-order chi connectivity index (χ0) is 17.8. The molecule has 130 valence electrons. The van der Waals surface area contributed by atoms with Crippen molar-refractivity contribution < 1.29 is 13.9 Å². The van der Waals surface area contributed by atoms with E-state index in [1.54, 1.807) is 13.4 Å². The highest BCUT2D eigenvalue weighted by Crippen LogP contribution is 2.26. The number of likely N-dealkylation sites (N-methyl/N-ethyl adjacent to an activating group) is 1. The van der Waals surface area contributed by atoms with Crippen LogP contribution in [-0.4, -0.2) is 38.6 Å². The number of carbonyl (C=O) groups is 1. The zero-order valence-corrected chi connectivity index (χ0v) is 14.7. The highest BCUT2D eigenvalue weighted by atomic mass is 16.5. The van der Waals surface area contributed by atoms with Gasteiger partial charge in [-0.05, 0) is 49.1 Å². The van der Waals surface area contributed by atoms with Crippen molar-refractivity contribution in [1.82, 2.24) is 10.2 Å². The Balaban J connectivity index is 1.82. The maximum Gasteiger partial charge on any atom is 0.255 e. The van der Waals surface area contributed by atoms with Crippen LogP contribution in [0.2, 0.25) is 0 Å². The fourth-order valence-corrected chi connectivity index (χ4v) is 2.87. The Kier molecular flexibility index (Phi) is 5.05. The van der Waals surface area contributed by atoms with Crippen LogP contribution in [0.4, 0.5) is 0 Å². The molecule has 0 unspecified atom stereocenters. The fourth-order valence-electron chi connectivity index (χ4n) is 2.87. The molecule has 1 amide bonds. The second kappa shape index (κ2) is 7.40. The molecule has 0 aliphatic carbocycles. The van der Waals surface area contributed by atoms with Gasteiger partial charge in [0.15, 0.2) is 0 Å². The van der Waals surface area contributed by atoms with Crippen molar-refractivity contribution in [1.29, 1.82) is 0 Å². The number of fused-ring (bicyclic) bond motifs is 1. The van der Waals surface area contributed by atoms with E-state index in [1.807, 2.05) is 67.5 Å². The standard InChI is InChI=1S/C20H22N2O3/c1-22(2)17(18-9-6-10-25-18)13-21-20(23)16-11-14-7-4-5-8-15(14)12-19(16)24-3/h4-12,17H,13H2,1-3H3,(H,21,23)/t17-/m1/s1. The second-order valence-corrected chi connectivity index (χ2v) is 6.10. The number of amides is 1. The van der Waals surface area contributed by atoms with Crippen molar-refractivity contribution >= 4 is 16.7 Å². The number of nitrogens with one attached hydrogen (secondary N) is 1. The van der Waals surface area contributed by atoms with Gasteiger partial charge in [0.25, 0.3) is 5.91 Å². The number of furan rings is 1. The summed E-state index contributed by atoms with van der Waals surface area (Å²) in [5, 5.41) is 5.03. The second-order valence-electron chi connectivity index (χ2n) is 6.10. The molecule has 0 fully saturated rings. The van der Waals surface area contributed by atoms with Crippen molar-refractivity contribution in [2.45, 2.75) is 6.04 Å². The van der Waals surface area contributed by atoms with Gasteiger partial charge < -0.3 is 14.5 Å². The molecule has 5 heteroatoms. The van der Waals surface area contributed by atoms with Crippen molar-refractivity contribution in [2.75, 3.05) is 27.7 Å². The first kappa shape index (κ1) is 17.0. The molecule has 0 aliphatic rings. The number of ether oxygens (including phenoxy) is 1. The summed E-state index contributed by atoms with van der Waals surface area (Å²) in [6, 6.07) is 15.4. The largest absolute Gasteiger partial charge is 0.496 e. The normalized spacial score (nSPS) is 12.3. The van der Waals surface area contributed by atoms with E-state index < -0.39 is 0 Å². The van der Waals surface area contributed by atoms with Gasteiger partial charge in [-0.2, -0.15) is 0 Å². The summed E-state index contributed by atoms with van der Waals surface area (Å²) in [7, 11) is 5.48. The molecular weight excluding hydrogens is 316 g/mol. The summed E-state index contributed by atoms with van der Waals surface area (Å²) in [5.41, 5.74) is 0.526. The van der Waals surface area contributed by atoms with Crippen LogP contribution in [0.15, 0.2) is 59.2 Å². The minimum atomic E-state index is -0.166. The van der Waals surface area contributed by atoms with E-state index >= 15 is 0 Å². The Hall–Kier alpha value is -2.79. The van der Waals surface area contributed by atoms with Crippen LogP contribution in [0.1, 0.15) is 22.2 Å². The van der Waals surface area contributed by atoms with Gasteiger partial charge in [0.1, 0.15) is 11.5 Å². The quantitative estimate of drug-likeness (QED) is 0.748. The Labute approximate surface area is 147 Å². The minimum absolute atomic E-state index is 0.0367. The third-order valence-corrected chi connectivity index (χ3v) is 4.26. The first-order valence-electron chi connectivity index (χ1n) is 8.15. The highest BCUT2D eigenvalue weighted by Gasteiger charge is 2.20. The molecule has 2 aromatic carbocycles. The lowest BCUT2D eigenvalue weighted by Crippen LogP contribution is -2.34. The summed E-state index contributed by atoms with van der Waals surface area (Å²) in [6.45, 7) is 0.440. The number of rotatable bonds is 6. The van der Waals surface area contributed by atoms with Crippen LogP contribution in [0.25, 0.3) is 10.8 Å². The summed E-state index contributed by atoms with van der Waals surface area (Å²) in [5.74, 6) is 1.22. The maximum atomic E-state index is 12.7. The molecule has 5 nitrogen and oxygen atoms in total. The Morgan fingerprint density at radius 1 is 1.16 bits per heavy atom. The average molecular weight is 338 g/mol. The number of hydrogen-bond donors (Lipinski definition) is 1. The summed E-state index contributed by atoms with van der Waals surface area (Å²) >= 11 is 0. The zero-order valence-electron chi connectivity index (χ0n) is 14.7. The molecule has 0 saturated carbocycles. The third-order valence-electron chi connectivity index (χ3n) is 4.26. The van der Waals surface area contributed by atoms with Gasteiger partial charge >= 0.3 is 0 Å². The molecule has 25 heavy (non-hydrogen) atoms. The number of hydrogen-bond acceptors (Lipinski definition) is 4. The van der Waals surface area contributed by atoms with Crippen LogP contribution in [0, 0.1) is 0 Å². The molecule has 0 aliphatic heterocycles. The van der Waals surface area contributed by atoms with Crippen LogP contribution >= 0.6 is 0 Å². The van der Waals surface area contributed by atoms with Gasteiger partial charge in [0, 0.05) is 6.54 Å². The average Bonchev–Trinajstić information content (AvgIpc) is 3.14. The van der Waals surface area contributed by atoms with Gasteiger partial charge in [0.05, 0.1) is 25.0 Å². The van der Waals surface area contributed by atoms with E-state index in [0.29, 0.717) is 17.9 Å². The smallest absolute Gasteiger partial charge is 0.255 e. The molecule has 0 bridgehead atoms. The maximum absolute atomic E-state index is 12.7. The lowest BCUT2D eigenvalue weighted by molar-refractivity contribution is 0.0936. The Morgan fingerprint density at radius 3 is 2.48 bits per heavy atom. The van der Waals surface area contributed by atoms with Gasteiger partial charge in [-0.15, -0.1) is 0 Å². The van der Waals surface area contributed by atoms with Crippen molar-refractivity contribution in [3.05, 3.63) is 66.1 Å². The van der Waals surface area contributed by atoms with E-state index in [4.69, 9.17) is 9.15 Å². The van der Waals surface area contributed by atoms with Gasteiger partial charge in [-0.25, -0.2) is 0 Å².